The van der Waals surface area contributed by atoms with Crippen molar-refractivity contribution in [3.8, 4) is 0 Å². The van der Waals surface area contributed by atoms with Crippen molar-refractivity contribution in [1.82, 2.24) is 4.98 Å². The van der Waals surface area contributed by atoms with Crippen LogP contribution in [0, 0.1) is 0 Å². The van der Waals surface area contributed by atoms with E-state index in [1.165, 1.54) is 6.07 Å². The fourth-order valence-corrected chi connectivity index (χ4v) is 1.90. The molecule has 2 aromatic rings. The Kier molecular flexibility index (Phi) is 3.55. The van der Waals surface area contributed by atoms with Crippen molar-refractivity contribution in [1.29, 1.82) is 0 Å². The summed E-state index contributed by atoms with van der Waals surface area (Å²) >= 11 is 0. The zero-order valence-electron chi connectivity index (χ0n) is 7.99. The smallest absolute Gasteiger partial charge is 0.298 e. The van der Waals surface area contributed by atoms with Crippen LogP contribution in [-0.4, -0.2) is 18.0 Å². The first-order valence-corrected chi connectivity index (χ1v) is 5.55. The largest absolute Gasteiger partial charge is 0.383 e. The number of pyridine rings is 1. The molecule has 1 heterocycles. The Morgan fingerprint density at radius 2 is 1.88 bits per heavy atom. The summed E-state index contributed by atoms with van der Waals surface area (Å²) in [5.41, 5.74) is 6.01. The molecular formula is C9H8CrN2O3S. The maximum atomic E-state index is 10.9. The Labute approximate surface area is 103 Å². The van der Waals surface area contributed by atoms with Gasteiger partial charge in [0.1, 0.15) is 10.7 Å². The van der Waals surface area contributed by atoms with Gasteiger partial charge in [-0.05, 0) is 12.1 Å². The molecule has 0 spiro atoms. The number of hydrogen-bond acceptors (Lipinski definition) is 4. The molecule has 0 aliphatic rings. The maximum absolute atomic E-state index is 10.9. The van der Waals surface area contributed by atoms with Gasteiger partial charge in [-0.1, -0.05) is 18.2 Å². The zero-order chi connectivity index (χ0) is 11.1. The van der Waals surface area contributed by atoms with Gasteiger partial charge in [0.15, 0.2) is 0 Å². The van der Waals surface area contributed by atoms with E-state index in [1.807, 2.05) is 0 Å². The predicted molar refractivity (Wildman–Crippen MR) is 56.0 cm³/mol. The normalized spacial score (nSPS) is 11.1. The fourth-order valence-electron chi connectivity index (χ4n) is 1.32. The molecule has 0 atom stereocenters. The second-order valence-electron chi connectivity index (χ2n) is 3.04. The molecule has 84 valence electrons. The quantitative estimate of drug-likeness (QED) is 0.760. The van der Waals surface area contributed by atoms with E-state index in [4.69, 9.17) is 10.3 Å². The van der Waals surface area contributed by atoms with Crippen LogP contribution in [0.15, 0.2) is 35.2 Å². The summed E-state index contributed by atoms with van der Waals surface area (Å²) in [5, 5.41) is 0.610. The van der Waals surface area contributed by atoms with Gasteiger partial charge >= 0.3 is 0 Å². The molecule has 3 N–H and O–H groups in total. The molecule has 0 unspecified atom stereocenters. The molecule has 0 aliphatic heterocycles. The Morgan fingerprint density at radius 1 is 1.25 bits per heavy atom. The third kappa shape index (κ3) is 2.34. The number of hydrogen-bond donors (Lipinski definition) is 2. The van der Waals surface area contributed by atoms with Crippen LogP contribution in [0.4, 0.5) is 5.82 Å². The molecule has 0 aliphatic carbocycles. The summed E-state index contributed by atoms with van der Waals surface area (Å²) < 4.78 is 30.7. The van der Waals surface area contributed by atoms with Crippen molar-refractivity contribution in [2.45, 2.75) is 4.90 Å². The first-order valence-electron chi connectivity index (χ1n) is 4.11. The van der Waals surface area contributed by atoms with E-state index in [-0.39, 0.29) is 28.1 Å². The Bertz CT molecular complexity index is 628. The van der Waals surface area contributed by atoms with Crippen LogP contribution in [0.1, 0.15) is 0 Å². The zero-order valence-corrected chi connectivity index (χ0v) is 10.1. The average molecular weight is 276 g/mol. The molecule has 0 bridgehead atoms. The van der Waals surface area contributed by atoms with Crippen molar-refractivity contribution in [2.75, 3.05) is 5.73 Å². The number of rotatable bonds is 1. The Morgan fingerprint density at radius 3 is 2.50 bits per heavy atom. The molecular weight excluding hydrogens is 268 g/mol. The first-order chi connectivity index (χ1) is 6.98. The van der Waals surface area contributed by atoms with Crippen LogP contribution < -0.4 is 5.73 Å². The van der Waals surface area contributed by atoms with Crippen molar-refractivity contribution in [3.63, 3.8) is 0 Å². The minimum atomic E-state index is -4.31. The number of nitrogen functional groups attached to an aromatic ring is 1. The Hall–Kier alpha value is -1.13. The topological polar surface area (TPSA) is 93.3 Å². The molecule has 1 aromatic carbocycles. The van der Waals surface area contributed by atoms with E-state index in [9.17, 15) is 8.42 Å². The monoisotopic (exact) mass is 276 g/mol. The van der Waals surface area contributed by atoms with Gasteiger partial charge in [0, 0.05) is 22.7 Å². The van der Waals surface area contributed by atoms with Crippen LogP contribution in [0.5, 0.6) is 0 Å². The molecule has 1 aromatic heterocycles. The molecule has 0 saturated heterocycles. The van der Waals surface area contributed by atoms with Crippen LogP contribution in [0.2, 0.25) is 0 Å². The van der Waals surface area contributed by atoms with Gasteiger partial charge in [0.25, 0.3) is 10.1 Å². The summed E-state index contributed by atoms with van der Waals surface area (Å²) in [4.78, 5) is 3.52. The van der Waals surface area contributed by atoms with Crippen molar-refractivity contribution >= 4 is 26.8 Å². The predicted octanol–water partition coefficient (Wildman–Crippen LogP) is 1.06. The van der Waals surface area contributed by atoms with E-state index >= 15 is 0 Å². The summed E-state index contributed by atoms with van der Waals surface area (Å²) in [6.07, 6.45) is 0. The van der Waals surface area contributed by atoms with E-state index in [0.29, 0.717) is 10.9 Å². The molecule has 0 amide bonds. The molecule has 2 rings (SSSR count). The molecule has 0 saturated carbocycles. The van der Waals surface area contributed by atoms with Gasteiger partial charge in [-0.25, -0.2) is 4.98 Å². The standard InChI is InChI=1S/C9H8N2O3S.Cr/c10-9-8(15(12,13)14)5-6-3-1-2-4-7(6)11-9;/h1-5H,(H2,10,11)(H,12,13,14);. The number of nitrogens with zero attached hydrogens (tertiary/aromatic N) is 1. The summed E-state index contributed by atoms with van der Waals surface area (Å²) in [6, 6.07) is 8.21. The molecule has 16 heavy (non-hydrogen) atoms. The number of benzene rings is 1. The summed E-state index contributed by atoms with van der Waals surface area (Å²) in [5.74, 6) is -0.198. The first kappa shape index (κ1) is 12.9. The van der Waals surface area contributed by atoms with Gasteiger partial charge < -0.3 is 5.73 Å². The molecule has 0 radical (unpaired) electrons. The van der Waals surface area contributed by atoms with Gasteiger partial charge in [-0.3, -0.25) is 4.55 Å². The number of anilines is 1. The molecule has 7 heteroatoms. The minimum Gasteiger partial charge on any atom is -0.383 e. The number of aromatic nitrogens is 1. The number of nitrogens with two attached hydrogens (primary N) is 1. The molecule has 5 nitrogen and oxygen atoms in total. The number of fused-ring (bicyclic) bond motifs is 1. The SMILES string of the molecule is Nc1nc2ccccc2cc1S(=O)(=O)O.[Cr]. The fraction of sp³-hybridized carbons (Fsp3) is 0. The van der Waals surface area contributed by atoms with E-state index in [0.717, 1.165) is 0 Å². The van der Waals surface area contributed by atoms with E-state index in [1.54, 1.807) is 24.3 Å². The van der Waals surface area contributed by atoms with Gasteiger partial charge in [-0.15, -0.1) is 0 Å². The van der Waals surface area contributed by atoms with Crippen LogP contribution in [-0.2, 0) is 27.5 Å². The maximum Gasteiger partial charge on any atom is 0.298 e. The van der Waals surface area contributed by atoms with Crippen molar-refractivity contribution < 1.29 is 30.3 Å². The van der Waals surface area contributed by atoms with Crippen molar-refractivity contribution in [2.24, 2.45) is 0 Å². The third-order valence-corrected chi connectivity index (χ3v) is 2.88. The minimum absolute atomic E-state index is 0. The summed E-state index contributed by atoms with van der Waals surface area (Å²) in [6.45, 7) is 0. The Balaban J connectivity index is 0.00000128. The van der Waals surface area contributed by atoms with E-state index < -0.39 is 10.1 Å². The third-order valence-electron chi connectivity index (χ3n) is 1.99. The second kappa shape index (κ2) is 4.39. The second-order valence-corrected chi connectivity index (χ2v) is 4.43. The van der Waals surface area contributed by atoms with Crippen LogP contribution >= 0.6 is 0 Å². The van der Waals surface area contributed by atoms with Crippen LogP contribution in [0.25, 0.3) is 10.9 Å². The van der Waals surface area contributed by atoms with Gasteiger partial charge in [0.05, 0.1) is 5.52 Å². The average Bonchev–Trinajstić information content (AvgIpc) is 2.15. The molecule has 0 fully saturated rings. The number of para-hydroxylation sites is 1. The van der Waals surface area contributed by atoms with E-state index in [2.05, 4.69) is 4.98 Å². The van der Waals surface area contributed by atoms with Crippen LogP contribution in [0.3, 0.4) is 0 Å². The summed E-state index contributed by atoms with van der Waals surface area (Å²) in [7, 11) is -4.31. The van der Waals surface area contributed by atoms with Gasteiger partial charge in [-0.2, -0.15) is 8.42 Å². The van der Waals surface area contributed by atoms with Crippen molar-refractivity contribution in [3.05, 3.63) is 30.3 Å². The van der Waals surface area contributed by atoms with Gasteiger partial charge in [0.2, 0.25) is 0 Å².